The largest absolute Gasteiger partial charge is 0.327 e. The van der Waals surface area contributed by atoms with Crippen molar-refractivity contribution in [1.82, 2.24) is 9.80 Å². The van der Waals surface area contributed by atoms with E-state index in [0.717, 1.165) is 17.7 Å². The van der Waals surface area contributed by atoms with Gasteiger partial charge in [0.05, 0.1) is 15.7 Å². The van der Waals surface area contributed by atoms with Crippen LogP contribution in [0.2, 0.25) is 10.0 Å². The van der Waals surface area contributed by atoms with Crippen molar-refractivity contribution in [2.75, 3.05) is 18.4 Å². The minimum Gasteiger partial charge on any atom is -0.322 e. The van der Waals surface area contributed by atoms with Gasteiger partial charge in [-0.15, -0.1) is 0 Å². The average Bonchev–Trinajstić information content (AvgIpc) is 3.26. The molecule has 0 bridgehead atoms. The third-order valence-corrected chi connectivity index (χ3v) is 4.23. The summed E-state index contributed by atoms with van der Waals surface area (Å²) >= 11 is 11.9. The molecule has 8 heteroatoms. The summed E-state index contributed by atoms with van der Waals surface area (Å²) < 4.78 is 0. The molecule has 1 saturated carbocycles. The first-order valence-electron chi connectivity index (χ1n) is 6.82. The van der Waals surface area contributed by atoms with Crippen molar-refractivity contribution < 1.29 is 14.4 Å². The van der Waals surface area contributed by atoms with Crippen molar-refractivity contribution in [1.29, 1.82) is 0 Å². The molecule has 0 spiro atoms. The molecule has 0 radical (unpaired) electrons. The molecule has 22 heavy (non-hydrogen) atoms. The maximum absolute atomic E-state index is 12.1. The van der Waals surface area contributed by atoms with E-state index in [9.17, 15) is 14.4 Å². The van der Waals surface area contributed by atoms with Crippen LogP contribution in [0.5, 0.6) is 0 Å². The molecule has 0 atom stereocenters. The first-order chi connectivity index (χ1) is 10.5. The summed E-state index contributed by atoms with van der Waals surface area (Å²) in [5.74, 6) is -0.883. The second-order valence-electron chi connectivity index (χ2n) is 5.27. The van der Waals surface area contributed by atoms with Crippen molar-refractivity contribution in [2.45, 2.75) is 18.9 Å². The molecule has 2 aliphatic rings. The van der Waals surface area contributed by atoms with Crippen LogP contribution in [0.3, 0.4) is 0 Å². The lowest BCUT2D eigenvalue weighted by Crippen LogP contribution is -2.39. The molecule has 1 aromatic rings. The second-order valence-corrected chi connectivity index (χ2v) is 6.08. The fourth-order valence-corrected chi connectivity index (χ4v) is 2.82. The van der Waals surface area contributed by atoms with Gasteiger partial charge in [-0.25, -0.2) is 4.79 Å². The van der Waals surface area contributed by atoms with Crippen LogP contribution >= 0.6 is 23.2 Å². The average molecular weight is 342 g/mol. The molecular formula is C14H13Cl2N3O3. The smallest absolute Gasteiger partial charge is 0.322 e. The number of carbonyl (C=O) groups is 3. The number of urea groups is 1. The van der Waals surface area contributed by atoms with Crippen LogP contribution in [-0.2, 0) is 9.59 Å². The van der Waals surface area contributed by atoms with Crippen molar-refractivity contribution in [2.24, 2.45) is 0 Å². The molecule has 6 nitrogen and oxygen atoms in total. The van der Waals surface area contributed by atoms with Gasteiger partial charge in [0.15, 0.2) is 0 Å². The Labute approximate surface area is 136 Å². The maximum atomic E-state index is 12.1. The van der Waals surface area contributed by atoms with Gasteiger partial charge in [-0.05, 0) is 25.0 Å². The van der Waals surface area contributed by atoms with Crippen molar-refractivity contribution in [3.8, 4) is 0 Å². The van der Waals surface area contributed by atoms with E-state index in [1.54, 1.807) is 18.2 Å². The van der Waals surface area contributed by atoms with Crippen molar-refractivity contribution in [3.63, 3.8) is 0 Å². The first-order valence-corrected chi connectivity index (χ1v) is 7.58. The van der Waals surface area contributed by atoms with E-state index in [1.807, 2.05) is 0 Å². The Kier molecular flexibility index (Phi) is 3.97. The Balaban J connectivity index is 1.67. The number of para-hydroxylation sites is 1. The van der Waals surface area contributed by atoms with Gasteiger partial charge in [-0.1, -0.05) is 29.3 Å². The molecule has 0 aromatic heterocycles. The Morgan fingerprint density at radius 2 is 1.86 bits per heavy atom. The van der Waals surface area contributed by atoms with Gasteiger partial charge < -0.3 is 10.2 Å². The Bertz CT molecular complexity index is 640. The van der Waals surface area contributed by atoms with Gasteiger partial charge in [0, 0.05) is 6.04 Å². The van der Waals surface area contributed by atoms with Crippen LogP contribution < -0.4 is 5.32 Å². The number of amides is 4. The van der Waals surface area contributed by atoms with Crippen LogP contribution in [0.25, 0.3) is 0 Å². The number of hydrogen-bond donors (Lipinski definition) is 1. The van der Waals surface area contributed by atoms with Crippen molar-refractivity contribution in [3.05, 3.63) is 28.2 Å². The zero-order valence-electron chi connectivity index (χ0n) is 11.5. The number of carbonyl (C=O) groups excluding carboxylic acids is 3. The zero-order chi connectivity index (χ0) is 15.9. The number of imide groups is 1. The highest BCUT2D eigenvalue weighted by molar-refractivity contribution is 6.39. The number of hydrogen-bond acceptors (Lipinski definition) is 3. The molecule has 1 saturated heterocycles. The molecule has 1 heterocycles. The number of benzene rings is 1. The van der Waals surface area contributed by atoms with E-state index in [-0.39, 0.29) is 30.7 Å². The molecule has 2 fully saturated rings. The SMILES string of the molecule is O=C(CN1C(=O)CN(C2CC2)C1=O)Nc1c(Cl)cccc1Cl. The van der Waals surface area contributed by atoms with E-state index >= 15 is 0 Å². The third kappa shape index (κ3) is 2.89. The maximum Gasteiger partial charge on any atom is 0.327 e. The first kappa shape index (κ1) is 15.1. The summed E-state index contributed by atoms with van der Waals surface area (Å²) in [5, 5.41) is 3.12. The third-order valence-electron chi connectivity index (χ3n) is 3.60. The molecule has 0 unspecified atom stereocenters. The van der Waals surface area contributed by atoms with Gasteiger partial charge in [0.2, 0.25) is 5.91 Å². The fraction of sp³-hybridized carbons (Fsp3) is 0.357. The van der Waals surface area contributed by atoms with Crippen LogP contribution in [0, 0.1) is 0 Å². The topological polar surface area (TPSA) is 69.7 Å². The standard InChI is InChI=1S/C14H13Cl2N3O3/c15-9-2-1-3-10(16)13(9)17-11(20)6-19-12(21)7-18(14(19)22)8-4-5-8/h1-3,8H,4-7H2,(H,17,20). The van der Waals surface area contributed by atoms with Crippen LogP contribution in [-0.4, -0.2) is 46.8 Å². The highest BCUT2D eigenvalue weighted by Gasteiger charge is 2.44. The number of halogens is 2. The molecule has 4 amide bonds. The second kappa shape index (κ2) is 5.78. The summed E-state index contributed by atoms with van der Waals surface area (Å²) in [4.78, 5) is 38.5. The predicted octanol–water partition coefficient (Wildman–Crippen LogP) is 2.36. The molecule has 1 N–H and O–H groups in total. The summed E-state index contributed by atoms with van der Waals surface area (Å²) in [6.07, 6.45) is 1.82. The molecule has 1 aliphatic heterocycles. The monoisotopic (exact) mass is 341 g/mol. The fourth-order valence-electron chi connectivity index (χ4n) is 2.33. The van der Waals surface area contributed by atoms with E-state index in [4.69, 9.17) is 23.2 Å². The molecule has 1 aliphatic carbocycles. The quantitative estimate of drug-likeness (QED) is 0.854. The number of nitrogens with one attached hydrogen (secondary N) is 1. The van der Waals surface area contributed by atoms with Crippen LogP contribution in [0.4, 0.5) is 10.5 Å². The highest BCUT2D eigenvalue weighted by atomic mass is 35.5. The van der Waals surface area contributed by atoms with Crippen LogP contribution in [0.15, 0.2) is 18.2 Å². The summed E-state index contributed by atoms with van der Waals surface area (Å²) in [7, 11) is 0. The van der Waals surface area contributed by atoms with E-state index in [1.165, 1.54) is 4.90 Å². The lowest BCUT2D eigenvalue weighted by molar-refractivity contribution is -0.129. The van der Waals surface area contributed by atoms with E-state index in [2.05, 4.69) is 5.32 Å². The van der Waals surface area contributed by atoms with Gasteiger partial charge in [-0.2, -0.15) is 0 Å². The molecule has 3 rings (SSSR count). The van der Waals surface area contributed by atoms with Gasteiger partial charge >= 0.3 is 6.03 Å². The van der Waals surface area contributed by atoms with Gasteiger partial charge in [0.1, 0.15) is 13.1 Å². The molecule has 116 valence electrons. The normalized spacial score (nSPS) is 18.1. The lowest BCUT2D eigenvalue weighted by Gasteiger charge is -2.16. The minimum atomic E-state index is -0.519. The number of anilines is 1. The minimum absolute atomic E-state index is 0.0453. The molecule has 1 aromatic carbocycles. The van der Waals surface area contributed by atoms with Crippen LogP contribution in [0.1, 0.15) is 12.8 Å². The zero-order valence-corrected chi connectivity index (χ0v) is 13.0. The summed E-state index contributed by atoms with van der Waals surface area (Å²) in [5.41, 5.74) is 0.272. The summed E-state index contributed by atoms with van der Waals surface area (Å²) in [6, 6.07) is 4.56. The highest BCUT2D eigenvalue weighted by Crippen LogP contribution is 2.31. The number of rotatable bonds is 4. The predicted molar refractivity (Wildman–Crippen MR) is 81.9 cm³/mol. The van der Waals surface area contributed by atoms with Gasteiger partial charge in [0.25, 0.3) is 5.91 Å². The lowest BCUT2D eigenvalue weighted by atomic mass is 10.3. The van der Waals surface area contributed by atoms with Gasteiger partial charge in [-0.3, -0.25) is 14.5 Å². The Morgan fingerprint density at radius 3 is 2.45 bits per heavy atom. The van der Waals surface area contributed by atoms with E-state index in [0.29, 0.717) is 10.0 Å². The van der Waals surface area contributed by atoms with Crippen molar-refractivity contribution >= 4 is 46.7 Å². The molecular weight excluding hydrogens is 329 g/mol. The Hall–Kier alpha value is -1.79. The Morgan fingerprint density at radius 1 is 1.23 bits per heavy atom. The van der Waals surface area contributed by atoms with E-state index < -0.39 is 11.9 Å². The summed E-state index contributed by atoms with van der Waals surface area (Å²) in [6.45, 7) is -0.300. The number of nitrogens with zero attached hydrogens (tertiary/aromatic N) is 2.